The second-order valence-corrected chi connectivity index (χ2v) is 8.52. The molecule has 0 saturated carbocycles. The first kappa shape index (κ1) is 29.2. The molecule has 4 N–H and O–H groups in total. The molecule has 0 aromatic heterocycles. The van der Waals surface area contributed by atoms with E-state index in [1.165, 1.54) is 58.3 Å². The van der Waals surface area contributed by atoms with Crippen molar-refractivity contribution in [3.8, 4) is 0 Å². The molecule has 9 nitrogen and oxygen atoms in total. The van der Waals surface area contributed by atoms with Gasteiger partial charge >= 0.3 is 5.97 Å². The molecule has 0 amide bonds. The van der Waals surface area contributed by atoms with Crippen LogP contribution in [0.25, 0.3) is 0 Å². The van der Waals surface area contributed by atoms with E-state index in [-0.39, 0.29) is 13.2 Å². The predicted molar refractivity (Wildman–Crippen MR) is 118 cm³/mol. The fourth-order valence-electron chi connectivity index (χ4n) is 3.66. The summed E-state index contributed by atoms with van der Waals surface area (Å²) in [6.45, 7) is 3.52. The van der Waals surface area contributed by atoms with Crippen LogP contribution in [-0.2, 0) is 23.7 Å². The van der Waals surface area contributed by atoms with Crippen LogP contribution in [0.5, 0.6) is 0 Å². The molecular weight excluding hydrogens is 420 g/mol. The Kier molecular flexibility index (Phi) is 16.1. The summed E-state index contributed by atoms with van der Waals surface area (Å²) in [5.74, 6) is -0.491. The minimum absolute atomic E-state index is 0.125. The van der Waals surface area contributed by atoms with Gasteiger partial charge in [0.25, 0.3) is 0 Å². The maximum Gasteiger partial charge on any atom is 0.303 e. The molecule has 0 spiro atoms. The molecule has 1 saturated heterocycles. The zero-order valence-electron chi connectivity index (χ0n) is 19.7. The summed E-state index contributed by atoms with van der Waals surface area (Å²) in [4.78, 5) is 11.4. The van der Waals surface area contributed by atoms with E-state index in [1.54, 1.807) is 0 Å². The molecule has 9 heteroatoms. The van der Waals surface area contributed by atoms with Gasteiger partial charge in [-0.1, -0.05) is 64.7 Å². The monoisotopic (exact) mass is 464 g/mol. The molecule has 6 atom stereocenters. The molecular formula is C23H44O9. The number of hydrogen-bond acceptors (Lipinski definition) is 9. The van der Waals surface area contributed by atoms with E-state index in [9.17, 15) is 25.2 Å². The SMILES string of the molecule is CCCCCCCCCCCCOCC(COC1OC(CO)C(O)C(O)C1O)OC(C)=O. The van der Waals surface area contributed by atoms with Crippen molar-refractivity contribution in [2.45, 2.75) is 115 Å². The predicted octanol–water partition coefficient (Wildman–Crippen LogP) is 1.67. The first-order valence-corrected chi connectivity index (χ1v) is 12.1. The molecule has 0 aromatic carbocycles. The fraction of sp³-hybridized carbons (Fsp3) is 0.957. The van der Waals surface area contributed by atoms with Crippen LogP contribution >= 0.6 is 0 Å². The minimum atomic E-state index is -1.52. The van der Waals surface area contributed by atoms with Crippen LogP contribution in [-0.4, -0.2) is 89.6 Å². The lowest BCUT2D eigenvalue weighted by Gasteiger charge is -2.39. The molecule has 6 unspecified atom stereocenters. The number of hydrogen-bond donors (Lipinski definition) is 4. The standard InChI is InChI=1S/C23H44O9/c1-3-4-5-6-7-8-9-10-11-12-13-29-15-18(31-17(2)25)16-30-23-22(28)21(27)20(26)19(14-24)32-23/h18-24,26-28H,3-16H2,1-2H3. The van der Waals surface area contributed by atoms with E-state index in [0.29, 0.717) is 6.61 Å². The number of aliphatic hydroxyl groups excluding tert-OH is 4. The third-order valence-electron chi connectivity index (χ3n) is 5.57. The largest absolute Gasteiger partial charge is 0.458 e. The maximum atomic E-state index is 11.4. The van der Waals surface area contributed by atoms with Crippen molar-refractivity contribution < 1.29 is 44.2 Å². The summed E-state index contributed by atoms with van der Waals surface area (Å²) in [6, 6.07) is 0. The van der Waals surface area contributed by atoms with Crippen molar-refractivity contribution in [3.63, 3.8) is 0 Å². The van der Waals surface area contributed by atoms with Gasteiger partial charge in [0, 0.05) is 13.5 Å². The van der Waals surface area contributed by atoms with Crippen LogP contribution in [0.1, 0.15) is 78.1 Å². The quantitative estimate of drug-likeness (QED) is 0.176. The van der Waals surface area contributed by atoms with Crippen LogP contribution in [0.2, 0.25) is 0 Å². The van der Waals surface area contributed by atoms with E-state index >= 15 is 0 Å². The van der Waals surface area contributed by atoms with Gasteiger partial charge in [0.2, 0.25) is 0 Å². The van der Waals surface area contributed by atoms with Crippen LogP contribution in [0.4, 0.5) is 0 Å². The number of aliphatic hydroxyl groups is 4. The first-order chi connectivity index (χ1) is 15.4. The highest BCUT2D eigenvalue weighted by Crippen LogP contribution is 2.22. The molecule has 1 aliphatic heterocycles. The Hall–Kier alpha value is -0.810. The summed E-state index contributed by atoms with van der Waals surface area (Å²) >= 11 is 0. The second kappa shape index (κ2) is 17.6. The van der Waals surface area contributed by atoms with Gasteiger partial charge in [-0.15, -0.1) is 0 Å². The summed E-state index contributed by atoms with van der Waals surface area (Å²) in [7, 11) is 0. The van der Waals surface area contributed by atoms with Crippen LogP contribution in [0.3, 0.4) is 0 Å². The summed E-state index contributed by atoms with van der Waals surface area (Å²) in [5.41, 5.74) is 0. The van der Waals surface area contributed by atoms with Crippen molar-refractivity contribution >= 4 is 5.97 Å². The molecule has 1 fully saturated rings. The average molecular weight is 465 g/mol. The first-order valence-electron chi connectivity index (χ1n) is 12.1. The molecule has 0 radical (unpaired) electrons. The van der Waals surface area contributed by atoms with Crippen molar-refractivity contribution in [1.29, 1.82) is 0 Å². The maximum absolute atomic E-state index is 11.4. The lowest BCUT2D eigenvalue weighted by atomic mass is 9.99. The van der Waals surface area contributed by atoms with Crippen molar-refractivity contribution in [1.82, 2.24) is 0 Å². The van der Waals surface area contributed by atoms with Gasteiger partial charge in [-0.05, 0) is 6.42 Å². The molecule has 0 aromatic rings. The Morgan fingerprint density at radius 1 is 0.875 bits per heavy atom. The van der Waals surface area contributed by atoms with E-state index in [2.05, 4.69) is 6.92 Å². The van der Waals surface area contributed by atoms with E-state index < -0.39 is 49.4 Å². The Balaban J connectivity index is 2.21. The third-order valence-corrected chi connectivity index (χ3v) is 5.57. The Bertz CT molecular complexity index is 474. The van der Waals surface area contributed by atoms with E-state index in [4.69, 9.17) is 18.9 Å². The van der Waals surface area contributed by atoms with Gasteiger partial charge in [0.1, 0.15) is 30.5 Å². The topological polar surface area (TPSA) is 135 Å². The Labute approximate surface area is 192 Å². The normalized spacial score (nSPS) is 26.8. The molecule has 0 bridgehead atoms. The summed E-state index contributed by atoms with van der Waals surface area (Å²) in [5, 5.41) is 38.9. The van der Waals surface area contributed by atoms with Crippen molar-refractivity contribution in [2.24, 2.45) is 0 Å². The van der Waals surface area contributed by atoms with Gasteiger partial charge in [-0.2, -0.15) is 0 Å². The van der Waals surface area contributed by atoms with Crippen LogP contribution in [0, 0.1) is 0 Å². The van der Waals surface area contributed by atoms with Gasteiger partial charge in [-0.3, -0.25) is 4.79 Å². The summed E-state index contributed by atoms with van der Waals surface area (Å²) in [6.07, 6.45) is 4.82. The molecule has 1 heterocycles. The highest BCUT2D eigenvalue weighted by atomic mass is 16.7. The molecule has 1 aliphatic rings. The number of ether oxygens (including phenoxy) is 4. The third kappa shape index (κ3) is 11.9. The number of carbonyl (C=O) groups excluding carboxylic acids is 1. The fourth-order valence-corrected chi connectivity index (χ4v) is 3.66. The van der Waals surface area contributed by atoms with Gasteiger partial charge < -0.3 is 39.4 Å². The van der Waals surface area contributed by atoms with E-state index in [1.807, 2.05) is 0 Å². The molecule has 0 aliphatic carbocycles. The molecule has 32 heavy (non-hydrogen) atoms. The average Bonchev–Trinajstić information content (AvgIpc) is 2.77. The second-order valence-electron chi connectivity index (χ2n) is 8.52. The van der Waals surface area contributed by atoms with Crippen molar-refractivity contribution in [3.05, 3.63) is 0 Å². The van der Waals surface area contributed by atoms with Crippen molar-refractivity contribution in [2.75, 3.05) is 26.4 Å². The van der Waals surface area contributed by atoms with Gasteiger partial charge in [0.05, 0.1) is 19.8 Å². The smallest absolute Gasteiger partial charge is 0.303 e. The van der Waals surface area contributed by atoms with E-state index in [0.717, 1.165) is 12.8 Å². The zero-order chi connectivity index (χ0) is 23.8. The highest BCUT2D eigenvalue weighted by molar-refractivity contribution is 5.66. The van der Waals surface area contributed by atoms with Crippen LogP contribution < -0.4 is 0 Å². The number of unbranched alkanes of at least 4 members (excludes halogenated alkanes) is 9. The highest BCUT2D eigenvalue weighted by Gasteiger charge is 2.44. The lowest BCUT2D eigenvalue weighted by Crippen LogP contribution is -2.59. The lowest BCUT2D eigenvalue weighted by molar-refractivity contribution is -0.305. The van der Waals surface area contributed by atoms with Gasteiger partial charge in [-0.25, -0.2) is 0 Å². The summed E-state index contributed by atoms with van der Waals surface area (Å²) < 4.78 is 21.6. The minimum Gasteiger partial charge on any atom is -0.458 e. The van der Waals surface area contributed by atoms with Gasteiger partial charge in [0.15, 0.2) is 6.29 Å². The Morgan fingerprint density at radius 3 is 2.03 bits per heavy atom. The zero-order valence-corrected chi connectivity index (χ0v) is 19.7. The number of rotatable bonds is 18. The Morgan fingerprint density at radius 2 is 1.47 bits per heavy atom. The molecule has 190 valence electrons. The van der Waals surface area contributed by atoms with Crippen LogP contribution in [0.15, 0.2) is 0 Å². The molecule has 1 rings (SSSR count). The number of carbonyl (C=O) groups is 1. The number of esters is 1.